The maximum absolute atomic E-state index is 12.7. The summed E-state index contributed by atoms with van der Waals surface area (Å²) >= 11 is 6.18. The van der Waals surface area contributed by atoms with Crippen molar-refractivity contribution in [2.45, 2.75) is 32.7 Å². The van der Waals surface area contributed by atoms with E-state index in [1.807, 2.05) is 0 Å². The fraction of sp³-hybridized carbons (Fsp3) is 0.300. The van der Waals surface area contributed by atoms with Crippen molar-refractivity contribution in [1.82, 2.24) is 10.3 Å². The number of nitrogens with zero attached hydrogens (tertiary/aromatic N) is 3. The molecule has 0 aliphatic heterocycles. The smallest absolute Gasteiger partial charge is 0.379 e. The van der Waals surface area contributed by atoms with Crippen molar-refractivity contribution < 1.29 is 38.7 Å². The largest absolute Gasteiger partial charge is 1.00 e. The van der Waals surface area contributed by atoms with Crippen LogP contribution in [0.1, 0.15) is 37.2 Å². The number of benzene rings is 1. The Kier molecular flexibility index (Phi) is 8.93. The molecule has 0 atom stereocenters. The van der Waals surface area contributed by atoms with E-state index in [2.05, 4.69) is 25.6 Å². The highest BCUT2D eigenvalue weighted by atomic mass is 127. The summed E-state index contributed by atoms with van der Waals surface area (Å²) in [5.74, 6) is -0.774. The molecule has 176 valence electrons. The maximum Gasteiger partial charge on any atom is 0.379 e. The number of amides is 1. The van der Waals surface area contributed by atoms with E-state index in [0.717, 1.165) is 12.8 Å². The van der Waals surface area contributed by atoms with E-state index in [1.54, 1.807) is 38.1 Å². The second-order valence-corrected chi connectivity index (χ2v) is 7.98. The van der Waals surface area contributed by atoms with Crippen LogP contribution in [0.5, 0.6) is 0 Å². The van der Waals surface area contributed by atoms with E-state index >= 15 is 0 Å². The molecule has 11 nitrogen and oxygen atoms in total. The Hall–Kier alpha value is -3.00. The Bertz CT molecular complexity index is 1120. The summed E-state index contributed by atoms with van der Waals surface area (Å²) in [5, 5.41) is 17.8. The number of aromatic amines is 1. The molecule has 1 aromatic carbocycles. The van der Waals surface area contributed by atoms with E-state index in [9.17, 15) is 14.9 Å². The Balaban J connectivity index is 0.00000385. The van der Waals surface area contributed by atoms with Gasteiger partial charge in [-0.2, -0.15) is 0 Å². The first-order valence-electron chi connectivity index (χ1n) is 9.91. The molecule has 1 amide bonds. The lowest BCUT2D eigenvalue weighted by molar-refractivity contribution is -0.407. The topological polar surface area (TPSA) is 176 Å². The van der Waals surface area contributed by atoms with Crippen LogP contribution in [-0.2, 0) is 0 Å². The number of nitrogens with one attached hydrogen (secondary N) is 3. The summed E-state index contributed by atoms with van der Waals surface area (Å²) in [7, 11) is 0. The Morgan fingerprint density at radius 1 is 1.36 bits per heavy atom. The van der Waals surface area contributed by atoms with Crippen LogP contribution in [0.15, 0.2) is 41.0 Å². The number of allylic oxidation sites excluding steroid dienone is 1. The Morgan fingerprint density at radius 3 is 2.61 bits per heavy atom. The molecule has 1 aliphatic rings. The highest BCUT2D eigenvalue weighted by Crippen LogP contribution is 2.34. The van der Waals surface area contributed by atoms with Crippen molar-refractivity contribution >= 4 is 46.5 Å². The van der Waals surface area contributed by atoms with Gasteiger partial charge in [0.25, 0.3) is 11.6 Å². The molecule has 0 radical (unpaired) electrons. The lowest BCUT2D eigenvalue weighted by atomic mass is 10.2. The third kappa shape index (κ3) is 6.99. The lowest BCUT2D eigenvalue weighted by Gasteiger charge is -2.08. The van der Waals surface area contributed by atoms with Crippen molar-refractivity contribution in [2.24, 2.45) is 22.4 Å². The monoisotopic (exact) mass is 586 g/mol. The van der Waals surface area contributed by atoms with Crippen LogP contribution in [0.2, 0.25) is 5.02 Å². The highest BCUT2D eigenvalue weighted by molar-refractivity contribution is 6.33. The number of anilines is 2. The number of nitro groups is 1. The van der Waals surface area contributed by atoms with Crippen molar-refractivity contribution in [2.75, 3.05) is 5.32 Å². The van der Waals surface area contributed by atoms with Gasteiger partial charge in [-0.05, 0) is 44.7 Å². The zero-order valence-electron chi connectivity index (χ0n) is 17.9. The van der Waals surface area contributed by atoms with Gasteiger partial charge in [0.05, 0.1) is 9.95 Å². The first-order chi connectivity index (χ1) is 15.2. The molecule has 1 aliphatic carbocycles. The minimum atomic E-state index is -0.738. The molecule has 0 bridgehead atoms. The number of carbonyl (C=O) groups excluding carboxylic acids is 1. The number of H-pyrrole nitrogens is 1. The van der Waals surface area contributed by atoms with Crippen LogP contribution in [-0.4, -0.2) is 27.7 Å². The Morgan fingerprint density at radius 2 is 2.03 bits per heavy atom. The first-order valence-corrected chi connectivity index (χ1v) is 10.3. The number of halogens is 2. The van der Waals surface area contributed by atoms with Gasteiger partial charge in [0, 0.05) is 17.8 Å². The number of aliphatic imine (C=N–C) groups is 1. The average Bonchev–Trinajstić information content (AvgIpc) is 3.54. The zero-order valence-corrected chi connectivity index (χ0v) is 20.8. The van der Waals surface area contributed by atoms with E-state index in [4.69, 9.17) is 23.1 Å². The molecule has 7 N–H and O–H groups in total. The van der Waals surface area contributed by atoms with Crippen LogP contribution in [0, 0.1) is 16.0 Å². The van der Waals surface area contributed by atoms with Crippen molar-refractivity contribution in [3.05, 3.63) is 56.9 Å². The first kappa shape index (κ1) is 26.3. The summed E-state index contributed by atoms with van der Waals surface area (Å²) in [5.41, 5.74) is 11.9. The van der Waals surface area contributed by atoms with Gasteiger partial charge in [0.1, 0.15) is 5.69 Å². The number of rotatable bonds is 8. The van der Waals surface area contributed by atoms with E-state index in [-0.39, 0.29) is 53.5 Å². The number of para-hydroxylation sites is 1. The van der Waals surface area contributed by atoms with Gasteiger partial charge < -0.3 is 40.8 Å². The van der Waals surface area contributed by atoms with Gasteiger partial charge in [-0.25, -0.2) is 4.98 Å². The second kappa shape index (κ2) is 11.2. The lowest BCUT2D eigenvalue weighted by Crippen LogP contribution is -3.00. The molecule has 1 heterocycles. The minimum absolute atomic E-state index is 0. The summed E-state index contributed by atoms with van der Waals surface area (Å²) in [6.45, 7) is 3.45. The predicted molar refractivity (Wildman–Crippen MR) is 121 cm³/mol. The summed E-state index contributed by atoms with van der Waals surface area (Å²) in [4.78, 5) is 34.8. The SMILES string of the molecule is CC(C)NC(=O)c1nc(Nc2ccccc2Cl)[nH+]c(N=C(N)/C=C(\N)C2CC2)c1[N+](=O)[O-].[I-]. The highest BCUT2D eigenvalue weighted by Gasteiger charge is 2.34. The van der Waals surface area contributed by atoms with E-state index in [1.165, 1.54) is 6.08 Å². The number of nitrogens with two attached hydrogens (primary N) is 2. The standard InChI is InChI=1S/C20H23ClN8O3.HI/c1-10(2)24-19(30)16-17(29(31)32)18(26-15(23)9-13(22)11-7-8-11)28-20(27-16)25-14-6-4-3-5-12(14)21;/h3-6,9-11H,7-8,22H2,1-2H3,(H,24,30)(H3,23,25,26,27,28);1H/b13-9-;. The molecular formula is C20H24ClIN8O3. The van der Waals surface area contributed by atoms with Gasteiger partial charge in [-0.15, -0.1) is 4.99 Å². The van der Waals surface area contributed by atoms with E-state index in [0.29, 0.717) is 16.4 Å². The van der Waals surface area contributed by atoms with Crippen molar-refractivity contribution in [1.29, 1.82) is 0 Å². The number of amidine groups is 1. The summed E-state index contributed by atoms with van der Waals surface area (Å²) < 4.78 is 0. The van der Waals surface area contributed by atoms with E-state index < -0.39 is 22.2 Å². The van der Waals surface area contributed by atoms with Crippen LogP contribution < -0.4 is 51.1 Å². The van der Waals surface area contributed by atoms with Gasteiger partial charge in [0.2, 0.25) is 0 Å². The number of hydrogen-bond donors (Lipinski definition) is 4. The van der Waals surface area contributed by atoms with Crippen molar-refractivity contribution in [3.63, 3.8) is 0 Å². The number of aromatic nitrogens is 2. The molecule has 0 unspecified atom stereocenters. The quantitative estimate of drug-likeness (QED) is 0.107. The molecule has 2 aromatic rings. The van der Waals surface area contributed by atoms with Crippen LogP contribution in [0.25, 0.3) is 0 Å². The predicted octanol–water partition coefficient (Wildman–Crippen LogP) is -0.416. The van der Waals surface area contributed by atoms with Crippen LogP contribution >= 0.6 is 11.6 Å². The summed E-state index contributed by atoms with van der Waals surface area (Å²) in [6.07, 6.45) is 3.38. The summed E-state index contributed by atoms with van der Waals surface area (Å²) in [6, 6.07) is 6.56. The van der Waals surface area contributed by atoms with Crippen LogP contribution in [0.3, 0.4) is 0 Å². The zero-order chi connectivity index (χ0) is 23.4. The van der Waals surface area contributed by atoms with Gasteiger partial charge >= 0.3 is 17.5 Å². The van der Waals surface area contributed by atoms with Crippen molar-refractivity contribution in [3.8, 4) is 0 Å². The Labute approximate surface area is 212 Å². The van der Waals surface area contributed by atoms with Gasteiger partial charge in [-0.3, -0.25) is 20.2 Å². The van der Waals surface area contributed by atoms with Crippen LogP contribution in [0.4, 0.5) is 23.1 Å². The molecule has 0 saturated heterocycles. The molecule has 13 heteroatoms. The normalized spacial score (nSPS) is 13.9. The fourth-order valence-electron chi connectivity index (χ4n) is 2.83. The molecule has 1 fully saturated rings. The van der Waals surface area contributed by atoms with Gasteiger partial charge in [-0.1, -0.05) is 28.7 Å². The van der Waals surface area contributed by atoms with Gasteiger partial charge in [0.15, 0.2) is 5.84 Å². The number of hydrogen-bond acceptors (Lipinski definition) is 7. The third-order valence-electron chi connectivity index (χ3n) is 4.46. The molecule has 1 saturated carbocycles. The number of carbonyl (C=O) groups is 1. The molecular weight excluding hydrogens is 563 g/mol. The molecule has 0 spiro atoms. The minimum Gasteiger partial charge on any atom is -1.00 e. The second-order valence-electron chi connectivity index (χ2n) is 7.58. The molecule has 33 heavy (non-hydrogen) atoms. The fourth-order valence-corrected chi connectivity index (χ4v) is 3.02. The maximum atomic E-state index is 12.7. The molecule has 3 rings (SSSR count). The third-order valence-corrected chi connectivity index (χ3v) is 4.79. The average molecular weight is 587 g/mol. The molecule has 1 aromatic heterocycles.